The first-order chi connectivity index (χ1) is 9.27. The molecule has 7 nitrogen and oxygen atoms in total. The van der Waals surface area contributed by atoms with Crippen LogP contribution < -0.4 is 11.1 Å². The maximum Gasteiger partial charge on any atom is 0.253 e. The van der Waals surface area contributed by atoms with E-state index in [2.05, 4.69) is 15.3 Å². The fourth-order valence-corrected chi connectivity index (χ4v) is 1.45. The minimum atomic E-state index is -0.512. The molecule has 20 heavy (non-hydrogen) atoms. The second-order valence-electron chi connectivity index (χ2n) is 3.73. The zero-order chi connectivity index (χ0) is 13.9. The summed E-state index contributed by atoms with van der Waals surface area (Å²) in [6, 6.07) is 8.82. The third kappa shape index (κ3) is 6.96. The fourth-order valence-electron chi connectivity index (χ4n) is 1.45. The normalized spacial score (nSPS) is 10.8. The molecule has 0 spiro atoms. The summed E-state index contributed by atoms with van der Waals surface area (Å²) in [5.41, 5.74) is 14.1. The number of carbonyl (C=O) groups is 1. The quantitative estimate of drug-likeness (QED) is 0.330. The van der Waals surface area contributed by atoms with Crippen LogP contribution in [0, 0.1) is 0 Å². The SMILES string of the molecule is Cl.[N-]=[N+]=NCCC(NC(=O)c1ccccc1)OCCN. The molecule has 0 fully saturated rings. The lowest BCUT2D eigenvalue weighted by atomic mass is 10.2. The van der Waals surface area contributed by atoms with E-state index < -0.39 is 6.23 Å². The predicted molar refractivity (Wildman–Crippen MR) is 78.6 cm³/mol. The summed E-state index contributed by atoms with van der Waals surface area (Å²) in [5, 5.41) is 6.14. The number of rotatable bonds is 8. The van der Waals surface area contributed by atoms with Crippen LogP contribution in [0.25, 0.3) is 10.4 Å². The van der Waals surface area contributed by atoms with E-state index >= 15 is 0 Å². The number of nitrogens with zero attached hydrogens (tertiary/aromatic N) is 3. The maximum atomic E-state index is 11.9. The van der Waals surface area contributed by atoms with Crippen molar-refractivity contribution in [3.8, 4) is 0 Å². The van der Waals surface area contributed by atoms with E-state index in [0.29, 0.717) is 25.1 Å². The van der Waals surface area contributed by atoms with E-state index in [1.165, 1.54) is 0 Å². The van der Waals surface area contributed by atoms with Crippen LogP contribution in [0.4, 0.5) is 0 Å². The summed E-state index contributed by atoms with van der Waals surface area (Å²) < 4.78 is 5.39. The molecule has 0 aromatic heterocycles. The molecule has 1 atom stereocenters. The van der Waals surface area contributed by atoms with Gasteiger partial charge in [0.05, 0.1) is 6.61 Å². The second kappa shape index (κ2) is 11.1. The van der Waals surface area contributed by atoms with Gasteiger partial charge in [-0.2, -0.15) is 0 Å². The molecule has 1 amide bonds. The first-order valence-corrected chi connectivity index (χ1v) is 5.96. The highest BCUT2D eigenvalue weighted by Crippen LogP contribution is 2.02. The van der Waals surface area contributed by atoms with Crippen LogP contribution in [-0.4, -0.2) is 31.8 Å². The first kappa shape index (κ1) is 18.2. The number of benzene rings is 1. The van der Waals surface area contributed by atoms with E-state index in [0.717, 1.165) is 0 Å². The predicted octanol–water partition coefficient (Wildman–Crippen LogP) is 1.84. The van der Waals surface area contributed by atoms with E-state index in [9.17, 15) is 4.79 Å². The van der Waals surface area contributed by atoms with Crippen molar-refractivity contribution in [2.75, 3.05) is 19.7 Å². The van der Waals surface area contributed by atoms with Gasteiger partial charge in [0.1, 0.15) is 6.23 Å². The van der Waals surface area contributed by atoms with Crippen molar-refractivity contribution in [3.63, 3.8) is 0 Å². The van der Waals surface area contributed by atoms with Crippen LogP contribution in [-0.2, 0) is 4.74 Å². The van der Waals surface area contributed by atoms with Crippen molar-refractivity contribution in [2.24, 2.45) is 10.8 Å². The highest BCUT2D eigenvalue weighted by Gasteiger charge is 2.13. The largest absolute Gasteiger partial charge is 0.357 e. The Kier molecular flexibility index (Phi) is 10.1. The Bertz CT molecular complexity index is 437. The van der Waals surface area contributed by atoms with E-state index in [1.807, 2.05) is 6.07 Å². The standard InChI is InChI=1S/C12H17N5O2.ClH/c13-7-9-19-11(6-8-15-17-14)16-12(18)10-4-2-1-3-5-10;/h1-5,11H,6-9,13H2,(H,16,18);1H. The van der Waals surface area contributed by atoms with Crippen molar-refractivity contribution in [3.05, 3.63) is 46.3 Å². The van der Waals surface area contributed by atoms with Gasteiger partial charge in [0.25, 0.3) is 5.91 Å². The number of nitrogens with one attached hydrogen (secondary N) is 1. The van der Waals surface area contributed by atoms with Gasteiger partial charge in [-0.1, -0.05) is 23.3 Å². The van der Waals surface area contributed by atoms with Crippen molar-refractivity contribution < 1.29 is 9.53 Å². The average Bonchev–Trinajstić information content (AvgIpc) is 2.45. The van der Waals surface area contributed by atoms with Crippen molar-refractivity contribution in [1.29, 1.82) is 0 Å². The minimum absolute atomic E-state index is 0. The summed E-state index contributed by atoms with van der Waals surface area (Å²) in [6.07, 6.45) is -0.107. The molecule has 0 bridgehead atoms. The Labute approximate surface area is 123 Å². The van der Waals surface area contributed by atoms with Crippen LogP contribution in [0.2, 0.25) is 0 Å². The average molecular weight is 300 g/mol. The number of ether oxygens (including phenoxy) is 1. The van der Waals surface area contributed by atoms with E-state index in [1.54, 1.807) is 24.3 Å². The lowest BCUT2D eigenvalue weighted by Gasteiger charge is -2.18. The van der Waals surface area contributed by atoms with Crippen molar-refractivity contribution >= 4 is 18.3 Å². The monoisotopic (exact) mass is 299 g/mol. The Balaban J connectivity index is 0.00000361. The molecule has 0 saturated carbocycles. The molecule has 0 aliphatic rings. The molecule has 0 radical (unpaired) electrons. The highest BCUT2D eigenvalue weighted by atomic mass is 35.5. The molecule has 1 aromatic carbocycles. The number of azide groups is 1. The number of hydrogen-bond acceptors (Lipinski definition) is 4. The lowest BCUT2D eigenvalue weighted by molar-refractivity contribution is 0.0284. The molecular formula is C12H18ClN5O2. The summed E-state index contributed by atoms with van der Waals surface area (Å²) in [5.74, 6) is -0.233. The van der Waals surface area contributed by atoms with Crippen molar-refractivity contribution in [2.45, 2.75) is 12.6 Å². The molecule has 3 N–H and O–H groups in total. The van der Waals surface area contributed by atoms with Gasteiger partial charge in [-0.3, -0.25) is 4.79 Å². The van der Waals surface area contributed by atoms with Gasteiger partial charge < -0.3 is 15.8 Å². The molecule has 1 aromatic rings. The smallest absolute Gasteiger partial charge is 0.253 e. The number of amides is 1. The van der Waals surface area contributed by atoms with Crippen LogP contribution in [0.5, 0.6) is 0 Å². The Morgan fingerprint density at radius 3 is 2.75 bits per heavy atom. The molecule has 110 valence electrons. The van der Waals surface area contributed by atoms with Crippen LogP contribution >= 0.6 is 12.4 Å². The topological polar surface area (TPSA) is 113 Å². The van der Waals surface area contributed by atoms with Crippen LogP contribution in [0.15, 0.2) is 35.4 Å². The zero-order valence-electron chi connectivity index (χ0n) is 10.9. The Hall–Kier alpha value is -1.79. The first-order valence-electron chi connectivity index (χ1n) is 5.96. The van der Waals surface area contributed by atoms with Gasteiger partial charge >= 0.3 is 0 Å². The fraction of sp³-hybridized carbons (Fsp3) is 0.417. The molecule has 8 heteroatoms. The summed E-state index contributed by atoms with van der Waals surface area (Å²) in [6.45, 7) is 0.941. The summed E-state index contributed by atoms with van der Waals surface area (Å²) in [4.78, 5) is 14.6. The van der Waals surface area contributed by atoms with Crippen LogP contribution in [0.1, 0.15) is 16.8 Å². The third-order valence-electron chi connectivity index (χ3n) is 2.32. The van der Waals surface area contributed by atoms with Gasteiger partial charge in [-0.15, -0.1) is 12.4 Å². The maximum absolute atomic E-state index is 11.9. The number of carbonyl (C=O) groups excluding carboxylic acids is 1. The molecule has 1 unspecified atom stereocenters. The molecule has 0 saturated heterocycles. The molecule has 0 aliphatic heterocycles. The van der Waals surface area contributed by atoms with Gasteiger partial charge in [-0.25, -0.2) is 0 Å². The lowest BCUT2D eigenvalue weighted by Crippen LogP contribution is -2.38. The molecular weight excluding hydrogens is 282 g/mol. The zero-order valence-corrected chi connectivity index (χ0v) is 11.8. The Morgan fingerprint density at radius 1 is 1.45 bits per heavy atom. The van der Waals surface area contributed by atoms with E-state index in [4.69, 9.17) is 16.0 Å². The summed E-state index contributed by atoms with van der Waals surface area (Å²) in [7, 11) is 0. The van der Waals surface area contributed by atoms with E-state index in [-0.39, 0.29) is 24.9 Å². The van der Waals surface area contributed by atoms with Gasteiger partial charge in [0.15, 0.2) is 0 Å². The van der Waals surface area contributed by atoms with Gasteiger partial charge in [0, 0.05) is 23.6 Å². The summed E-state index contributed by atoms with van der Waals surface area (Å²) >= 11 is 0. The Morgan fingerprint density at radius 2 is 2.15 bits per heavy atom. The molecule has 0 heterocycles. The molecule has 1 rings (SSSR count). The van der Waals surface area contributed by atoms with Crippen LogP contribution in [0.3, 0.4) is 0 Å². The van der Waals surface area contributed by atoms with Gasteiger partial charge in [0.2, 0.25) is 0 Å². The number of nitrogens with two attached hydrogens (primary N) is 1. The second-order valence-corrected chi connectivity index (χ2v) is 3.73. The van der Waals surface area contributed by atoms with Crippen molar-refractivity contribution in [1.82, 2.24) is 5.32 Å². The van der Waals surface area contributed by atoms with Gasteiger partial charge in [-0.05, 0) is 24.1 Å². The highest BCUT2D eigenvalue weighted by molar-refractivity contribution is 5.94. The third-order valence-corrected chi connectivity index (χ3v) is 2.32. The number of hydrogen-bond donors (Lipinski definition) is 2. The minimum Gasteiger partial charge on any atom is -0.357 e. The molecule has 0 aliphatic carbocycles. The number of halogens is 1.